The first kappa shape index (κ1) is 82.7. The summed E-state index contributed by atoms with van der Waals surface area (Å²) in [5, 5.41) is 5.69. The van der Waals surface area contributed by atoms with Crippen LogP contribution in [0.3, 0.4) is 0 Å². The van der Waals surface area contributed by atoms with E-state index in [-0.39, 0.29) is 89.8 Å². The van der Waals surface area contributed by atoms with Gasteiger partial charge in [0.25, 0.3) is 0 Å². The predicted octanol–water partition coefficient (Wildman–Crippen LogP) is 6.42. The predicted molar refractivity (Wildman–Crippen MR) is 377 cm³/mol. The number of nitrogens with zero attached hydrogens (tertiary/aromatic N) is 10. The number of carbonyl (C=O) groups is 12. The van der Waals surface area contributed by atoms with Crippen molar-refractivity contribution in [1.29, 1.82) is 0 Å². The second-order valence-corrected chi connectivity index (χ2v) is 31.8. The van der Waals surface area contributed by atoms with E-state index in [1.807, 2.05) is 13.0 Å². The molecule has 4 heterocycles. The van der Waals surface area contributed by atoms with Crippen molar-refractivity contribution in [2.24, 2.45) is 35.5 Å². The molecule has 1 spiro atoms. The van der Waals surface area contributed by atoms with Gasteiger partial charge in [0.1, 0.15) is 78.2 Å². The highest BCUT2D eigenvalue weighted by atomic mass is 19.4. The Kier molecular flexibility index (Phi) is 28.3. The number of hydrogen-bond donors (Lipinski definition) is 2. The lowest BCUT2D eigenvalue weighted by Crippen LogP contribution is -2.65. The van der Waals surface area contributed by atoms with Crippen molar-refractivity contribution in [3.05, 3.63) is 12.2 Å². The van der Waals surface area contributed by atoms with Crippen LogP contribution in [0.1, 0.15) is 195 Å². The lowest BCUT2D eigenvalue weighted by molar-refractivity contribution is -0.219. The summed E-state index contributed by atoms with van der Waals surface area (Å²) in [5.41, 5.74) is -1.57. The summed E-state index contributed by atoms with van der Waals surface area (Å²) in [6.45, 7) is 6.94. The molecule has 8 aliphatic rings. The van der Waals surface area contributed by atoms with E-state index in [9.17, 15) is 32.3 Å². The minimum atomic E-state index is -5.16. The molecule has 0 aromatic rings. The maximum Gasteiger partial charge on any atom is 0.397 e. The molecule has 2 unspecified atom stereocenters. The van der Waals surface area contributed by atoms with Gasteiger partial charge in [-0.1, -0.05) is 97.6 Å². The summed E-state index contributed by atoms with van der Waals surface area (Å²) < 4.78 is 72.8. The Labute approximate surface area is 610 Å². The van der Waals surface area contributed by atoms with Gasteiger partial charge in [-0.3, -0.25) is 57.5 Å². The van der Waals surface area contributed by atoms with E-state index >= 15 is 47.1 Å². The first-order valence-corrected chi connectivity index (χ1v) is 38.4. The van der Waals surface area contributed by atoms with Gasteiger partial charge in [-0.2, -0.15) is 13.2 Å². The van der Waals surface area contributed by atoms with Crippen molar-refractivity contribution in [2.75, 3.05) is 82.6 Å². The maximum absolute atomic E-state index is 15.8. The highest BCUT2D eigenvalue weighted by molar-refractivity contribution is 6.01. The number of carbonyl (C=O) groups excluding carboxylic acids is 12. The molecule has 2 bridgehead atoms. The Morgan fingerprint density at radius 1 is 0.615 bits per heavy atom. The van der Waals surface area contributed by atoms with Crippen LogP contribution < -0.4 is 10.6 Å². The van der Waals surface area contributed by atoms with E-state index in [4.69, 9.17) is 0 Å². The molecule has 7 fully saturated rings. The van der Waals surface area contributed by atoms with Crippen LogP contribution in [-0.2, 0) is 57.5 Å². The van der Waals surface area contributed by atoms with E-state index in [2.05, 4.69) is 17.6 Å². The normalized spacial score (nSPS) is 33.3. The largest absolute Gasteiger partial charge is 0.397 e. The van der Waals surface area contributed by atoms with Gasteiger partial charge >= 0.3 is 6.18 Å². The molecule has 4 aliphatic carbocycles. The minimum absolute atomic E-state index is 0.0231. The second-order valence-electron chi connectivity index (χ2n) is 31.8. The third-order valence-corrected chi connectivity index (χ3v) is 24.8. The zero-order valence-corrected chi connectivity index (χ0v) is 63.4. The summed E-state index contributed by atoms with van der Waals surface area (Å²) in [5.74, 6) is -12.2. The van der Waals surface area contributed by atoms with Crippen LogP contribution in [0.15, 0.2) is 12.2 Å². The quantitative estimate of drug-likeness (QED) is 0.177. The molecule has 12 amide bonds. The molecule has 0 radical (unpaired) electrons. The minimum Gasteiger partial charge on any atom is -0.347 e. The number of likely N-dealkylation sites (N-methyl/N-ethyl adjacent to an activating group) is 7. The number of alkyl halides is 5. The fourth-order valence-electron chi connectivity index (χ4n) is 18.1. The Hall–Kier alpha value is -6.97. The van der Waals surface area contributed by atoms with Crippen LogP contribution >= 0.6 is 0 Å². The fraction of sp³-hybridized carbons (Fsp3) is 0.813. The maximum atomic E-state index is 15.8. The zero-order valence-electron chi connectivity index (χ0n) is 63.4. The van der Waals surface area contributed by atoms with Crippen LogP contribution in [0.2, 0.25) is 0 Å². The van der Waals surface area contributed by atoms with E-state index in [1.165, 1.54) is 100 Å². The lowest BCUT2D eigenvalue weighted by Gasteiger charge is -2.45. The number of rotatable bonds is 10. The van der Waals surface area contributed by atoms with Gasteiger partial charge in [0, 0.05) is 76.0 Å². The van der Waals surface area contributed by atoms with Crippen molar-refractivity contribution in [2.45, 2.75) is 273 Å². The van der Waals surface area contributed by atoms with Crippen LogP contribution in [0.4, 0.5) is 22.0 Å². The van der Waals surface area contributed by atoms with E-state index in [0.29, 0.717) is 50.9 Å². The van der Waals surface area contributed by atoms with Crippen LogP contribution in [0.25, 0.3) is 0 Å². The van der Waals surface area contributed by atoms with E-state index < -0.39 is 199 Å². The Balaban J connectivity index is 1.20. The van der Waals surface area contributed by atoms with Gasteiger partial charge < -0.3 is 59.6 Å². The third kappa shape index (κ3) is 18.3. The van der Waals surface area contributed by atoms with Gasteiger partial charge in [-0.05, 0) is 132 Å². The SMILES string of the molecule is CC[C@H](C)[C@@H]1NC(=O)[C@H](CC)N(C)C(=O)C[C@@H](C(=O)N(C)C)N(C)C(=O)[C@H](C2CCCC2)N(C)C(=O)C2(CCCC2)N(C)C(=O)[C@@H]2CCCN2C(=O)[C@H](CCC2CC(F)C(C(F)(F)F)C(F)C2)NC(=O)CN(C)C(=O)[C@H](CC2CCC(C)CC2)N2CC/C=C\C[C@@H](C2=O)N(C)C(=O)[C@@H]2CCCN2C1=O. The number of amides is 12. The molecule has 12 atom stereocenters. The highest BCUT2D eigenvalue weighted by Crippen LogP contribution is 2.45. The molecule has 584 valence electrons. The summed E-state index contributed by atoms with van der Waals surface area (Å²) in [4.78, 5) is 195. The third-order valence-electron chi connectivity index (χ3n) is 24.8. The average molecular weight is 1470 g/mol. The van der Waals surface area contributed by atoms with Crippen molar-refractivity contribution >= 4 is 70.9 Å². The topological polar surface area (TPSA) is 261 Å². The van der Waals surface area contributed by atoms with Crippen LogP contribution in [0.5, 0.6) is 0 Å². The van der Waals surface area contributed by atoms with E-state index in [0.717, 1.165) is 43.4 Å². The standard InChI is InChI=1S/C75H117F5N12O12/c1-13-46(4)62-71(102)91-39-22-27-55(91)68(99)86(9)54-26-16-15-21-37-92(70(54)101)58(42-47-31-29-45(3)30-32-47)67(98)84(7)44-59(93)81-52(34-33-48-40-50(76)61(51(77)41-48)75(78,79)80)65(96)90-38-23-28-56(90)69(100)89(12)74(35-19-20-36-74)73(104)88(11)63(49-24-17-18-25-49)72(103)87(10)57(66(97)83(5)6)43-60(94)85(8)53(14-2)64(95)82-62/h15-16,45-58,61-63H,13-14,17-44H2,1-12H3,(H,81,93)(H,82,95)/b16-15-/t45?,46-,47?,48?,50?,51?,52-,53-,54-,55-,56-,57-,58-,61?,62-,63-/m0/s1. The Morgan fingerprint density at radius 2 is 1.21 bits per heavy atom. The van der Waals surface area contributed by atoms with E-state index in [1.54, 1.807) is 19.9 Å². The van der Waals surface area contributed by atoms with Gasteiger partial charge in [-0.25, -0.2) is 8.78 Å². The van der Waals surface area contributed by atoms with Gasteiger partial charge in [0.05, 0.1) is 13.0 Å². The fourth-order valence-corrected chi connectivity index (χ4v) is 18.1. The average Bonchev–Trinajstić information content (AvgIpc) is 1.70. The number of nitrogens with one attached hydrogen (secondary N) is 2. The zero-order chi connectivity index (χ0) is 76.6. The molecular formula is C75H117F5N12O12. The second kappa shape index (κ2) is 35.6. The Bertz CT molecular complexity index is 3130. The summed E-state index contributed by atoms with van der Waals surface area (Å²) in [6.07, 6.45) is -0.160. The van der Waals surface area contributed by atoms with Crippen LogP contribution in [0, 0.1) is 35.5 Å². The summed E-state index contributed by atoms with van der Waals surface area (Å²) in [7, 11) is 11.6. The highest BCUT2D eigenvalue weighted by Gasteiger charge is 2.56. The molecule has 29 heteroatoms. The summed E-state index contributed by atoms with van der Waals surface area (Å²) >= 11 is 0. The first-order chi connectivity index (χ1) is 49.1. The van der Waals surface area contributed by atoms with Crippen molar-refractivity contribution in [3.63, 3.8) is 0 Å². The van der Waals surface area contributed by atoms with Crippen molar-refractivity contribution < 1.29 is 79.5 Å². The number of fused-ring (bicyclic) bond motifs is 4. The molecule has 8 rings (SSSR count). The lowest BCUT2D eigenvalue weighted by atomic mass is 9.76. The van der Waals surface area contributed by atoms with Crippen LogP contribution in [-0.4, -0.2) is 281 Å². The molecule has 3 saturated heterocycles. The van der Waals surface area contributed by atoms with Gasteiger partial charge in [0.2, 0.25) is 70.9 Å². The molecule has 24 nitrogen and oxygen atoms in total. The monoisotopic (exact) mass is 1470 g/mol. The molecule has 2 N–H and O–H groups in total. The first-order valence-electron chi connectivity index (χ1n) is 38.4. The van der Waals surface area contributed by atoms with Crippen molar-refractivity contribution in [3.8, 4) is 0 Å². The molecule has 0 aromatic heterocycles. The van der Waals surface area contributed by atoms with Crippen molar-refractivity contribution in [1.82, 2.24) is 59.6 Å². The number of halogens is 5. The van der Waals surface area contributed by atoms with Gasteiger partial charge in [0.15, 0.2) is 0 Å². The van der Waals surface area contributed by atoms with Gasteiger partial charge in [-0.15, -0.1) is 0 Å². The Morgan fingerprint density at radius 3 is 1.79 bits per heavy atom. The smallest absolute Gasteiger partial charge is 0.347 e. The molecule has 0 aromatic carbocycles. The number of hydrogen-bond acceptors (Lipinski definition) is 12. The molecule has 104 heavy (non-hydrogen) atoms. The molecular weight excluding hydrogens is 1360 g/mol. The molecule has 4 saturated carbocycles. The molecule has 4 aliphatic heterocycles. The summed E-state index contributed by atoms with van der Waals surface area (Å²) in [6, 6.07) is -11.3.